The molecule has 1 aromatic rings. The van der Waals surface area contributed by atoms with Crippen LogP contribution in [0, 0.1) is 0 Å². The summed E-state index contributed by atoms with van der Waals surface area (Å²) < 4.78 is 2.06. The van der Waals surface area contributed by atoms with Gasteiger partial charge in [0.25, 0.3) is 0 Å². The van der Waals surface area contributed by atoms with Crippen LogP contribution in [-0.4, -0.2) is 21.0 Å². The molecule has 0 bridgehead atoms. The summed E-state index contributed by atoms with van der Waals surface area (Å²) in [5.41, 5.74) is 1.03. The van der Waals surface area contributed by atoms with E-state index in [4.69, 9.17) is 0 Å². The van der Waals surface area contributed by atoms with Gasteiger partial charge in [-0.05, 0) is 25.3 Å². The van der Waals surface area contributed by atoms with E-state index in [1.165, 1.54) is 25.7 Å². The molecule has 1 heterocycles. The summed E-state index contributed by atoms with van der Waals surface area (Å²) in [5.74, 6) is 0. The summed E-state index contributed by atoms with van der Waals surface area (Å²) in [5, 5.41) is 14.7. The van der Waals surface area contributed by atoms with Crippen LogP contribution >= 0.6 is 0 Å². The highest BCUT2D eigenvalue weighted by Gasteiger charge is 2.11. The second-order valence-corrected chi connectivity index (χ2v) is 5.82. The Morgan fingerprint density at radius 3 is 2.45 bits per heavy atom. The average Bonchev–Trinajstić information content (AvgIpc) is 2.88. The van der Waals surface area contributed by atoms with Gasteiger partial charge in [0.2, 0.25) is 0 Å². The predicted octanol–water partition coefficient (Wildman–Crippen LogP) is 4.51. The first kappa shape index (κ1) is 17.2. The van der Waals surface area contributed by atoms with Crippen molar-refractivity contribution in [3.8, 4) is 0 Å². The molecule has 116 valence electrons. The van der Waals surface area contributed by atoms with E-state index < -0.39 is 0 Å². The summed E-state index contributed by atoms with van der Waals surface area (Å²) in [4.78, 5) is 0. The van der Waals surface area contributed by atoms with Crippen LogP contribution in [0.1, 0.15) is 83.9 Å². The summed E-state index contributed by atoms with van der Waals surface area (Å²) in [6.07, 6.45) is 11.9. The molecule has 3 nitrogen and oxygen atoms in total. The highest BCUT2D eigenvalue weighted by Crippen LogP contribution is 2.16. The van der Waals surface area contributed by atoms with E-state index in [-0.39, 0.29) is 6.10 Å². The van der Waals surface area contributed by atoms with Crippen LogP contribution < -0.4 is 0 Å². The van der Waals surface area contributed by atoms with Gasteiger partial charge in [-0.3, -0.25) is 4.68 Å². The highest BCUT2D eigenvalue weighted by molar-refractivity contribution is 5.01. The monoisotopic (exact) mass is 280 g/mol. The van der Waals surface area contributed by atoms with Gasteiger partial charge < -0.3 is 5.11 Å². The molecule has 20 heavy (non-hydrogen) atoms. The van der Waals surface area contributed by atoms with Crippen LogP contribution in [0.2, 0.25) is 0 Å². The zero-order chi connectivity index (χ0) is 14.8. The molecule has 1 aromatic heterocycles. The summed E-state index contributed by atoms with van der Waals surface area (Å²) in [6.45, 7) is 6.62. The Kier molecular flexibility index (Phi) is 8.59. The van der Waals surface area contributed by atoms with Gasteiger partial charge in [0.1, 0.15) is 0 Å². The molecule has 0 aliphatic carbocycles. The van der Waals surface area contributed by atoms with Crippen LogP contribution in [0.5, 0.6) is 0 Å². The standard InChI is InChI=1S/C17H32N2O/c1-4-7-8-9-10-11-17(20)14-15-12-13-19(18-15)16(5-2)6-3/h12-13,16-17,20H,4-11,14H2,1-3H3. The fourth-order valence-electron chi connectivity index (χ4n) is 2.68. The van der Waals surface area contributed by atoms with Crippen molar-refractivity contribution < 1.29 is 5.11 Å². The lowest BCUT2D eigenvalue weighted by Crippen LogP contribution is -2.12. The second-order valence-electron chi connectivity index (χ2n) is 5.82. The predicted molar refractivity (Wildman–Crippen MR) is 84.9 cm³/mol. The van der Waals surface area contributed by atoms with Crippen molar-refractivity contribution in [2.75, 3.05) is 0 Å². The molecule has 0 radical (unpaired) electrons. The molecule has 3 heteroatoms. The maximum atomic E-state index is 10.1. The van der Waals surface area contributed by atoms with Gasteiger partial charge in [0.05, 0.1) is 17.8 Å². The van der Waals surface area contributed by atoms with Crippen LogP contribution in [0.25, 0.3) is 0 Å². The number of aromatic nitrogens is 2. The lowest BCUT2D eigenvalue weighted by molar-refractivity contribution is 0.159. The SMILES string of the molecule is CCCCCCCC(O)Cc1ccn(C(CC)CC)n1. The third-order valence-electron chi connectivity index (χ3n) is 4.07. The van der Waals surface area contributed by atoms with Crippen molar-refractivity contribution in [1.82, 2.24) is 9.78 Å². The molecule has 0 saturated carbocycles. The van der Waals surface area contributed by atoms with E-state index in [1.54, 1.807) is 0 Å². The van der Waals surface area contributed by atoms with Gasteiger partial charge in [-0.1, -0.05) is 52.9 Å². The molecule has 1 N–H and O–H groups in total. The van der Waals surface area contributed by atoms with Gasteiger partial charge in [-0.25, -0.2) is 0 Å². The van der Waals surface area contributed by atoms with Gasteiger partial charge in [-0.15, -0.1) is 0 Å². The van der Waals surface area contributed by atoms with E-state index in [0.29, 0.717) is 12.5 Å². The Morgan fingerprint density at radius 2 is 1.80 bits per heavy atom. The quantitative estimate of drug-likeness (QED) is 0.606. The van der Waals surface area contributed by atoms with E-state index in [2.05, 4.69) is 42.8 Å². The molecule has 0 saturated heterocycles. The van der Waals surface area contributed by atoms with Crippen molar-refractivity contribution in [2.24, 2.45) is 0 Å². The molecular formula is C17H32N2O. The molecule has 1 unspecified atom stereocenters. The Bertz CT molecular complexity index is 345. The molecule has 0 spiro atoms. The Labute approximate surface area is 124 Å². The first-order chi connectivity index (χ1) is 9.71. The highest BCUT2D eigenvalue weighted by atomic mass is 16.3. The zero-order valence-electron chi connectivity index (χ0n) is 13.5. The largest absolute Gasteiger partial charge is 0.393 e. The minimum atomic E-state index is -0.235. The number of aliphatic hydroxyl groups is 1. The normalized spacial score (nSPS) is 13.1. The van der Waals surface area contributed by atoms with Gasteiger partial charge in [0.15, 0.2) is 0 Å². The third-order valence-corrected chi connectivity index (χ3v) is 4.07. The molecule has 1 atom stereocenters. The number of hydrogen-bond donors (Lipinski definition) is 1. The Balaban J connectivity index is 2.29. The van der Waals surface area contributed by atoms with Crippen molar-refractivity contribution in [3.05, 3.63) is 18.0 Å². The topological polar surface area (TPSA) is 38.0 Å². The lowest BCUT2D eigenvalue weighted by atomic mass is 10.1. The van der Waals surface area contributed by atoms with E-state index in [9.17, 15) is 5.11 Å². The van der Waals surface area contributed by atoms with E-state index in [0.717, 1.165) is 31.4 Å². The fourth-order valence-corrected chi connectivity index (χ4v) is 2.68. The number of nitrogens with zero attached hydrogens (tertiary/aromatic N) is 2. The number of rotatable bonds is 11. The zero-order valence-corrected chi connectivity index (χ0v) is 13.5. The second kappa shape index (κ2) is 9.98. The molecular weight excluding hydrogens is 248 g/mol. The van der Waals surface area contributed by atoms with Crippen LogP contribution in [-0.2, 0) is 6.42 Å². The summed E-state index contributed by atoms with van der Waals surface area (Å²) in [6, 6.07) is 2.55. The molecule has 0 fully saturated rings. The van der Waals surface area contributed by atoms with Crippen molar-refractivity contribution in [2.45, 2.75) is 90.7 Å². The van der Waals surface area contributed by atoms with Crippen LogP contribution in [0.15, 0.2) is 12.3 Å². The molecule has 0 amide bonds. The maximum Gasteiger partial charge on any atom is 0.0650 e. The summed E-state index contributed by atoms with van der Waals surface area (Å²) >= 11 is 0. The number of aliphatic hydroxyl groups excluding tert-OH is 1. The smallest absolute Gasteiger partial charge is 0.0650 e. The van der Waals surface area contributed by atoms with Gasteiger partial charge >= 0.3 is 0 Å². The van der Waals surface area contributed by atoms with Crippen molar-refractivity contribution in [1.29, 1.82) is 0 Å². The van der Waals surface area contributed by atoms with Gasteiger partial charge in [-0.2, -0.15) is 5.10 Å². The van der Waals surface area contributed by atoms with Crippen LogP contribution in [0.3, 0.4) is 0 Å². The fraction of sp³-hybridized carbons (Fsp3) is 0.824. The molecule has 0 aliphatic rings. The lowest BCUT2D eigenvalue weighted by Gasteiger charge is -2.13. The van der Waals surface area contributed by atoms with Crippen LogP contribution in [0.4, 0.5) is 0 Å². The minimum absolute atomic E-state index is 0.235. The van der Waals surface area contributed by atoms with Crippen molar-refractivity contribution >= 4 is 0 Å². The molecule has 1 rings (SSSR count). The molecule has 0 aliphatic heterocycles. The Hall–Kier alpha value is -0.830. The average molecular weight is 280 g/mol. The van der Waals surface area contributed by atoms with Gasteiger partial charge in [0, 0.05) is 12.6 Å². The van der Waals surface area contributed by atoms with Crippen molar-refractivity contribution in [3.63, 3.8) is 0 Å². The third kappa shape index (κ3) is 6.08. The molecule has 0 aromatic carbocycles. The first-order valence-electron chi connectivity index (χ1n) is 8.43. The first-order valence-corrected chi connectivity index (χ1v) is 8.43. The summed E-state index contributed by atoms with van der Waals surface area (Å²) in [7, 11) is 0. The Morgan fingerprint density at radius 1 is 1.10 bits per heavy atom. The number of hydrogen-bond acceptors (Lipinski definition) is 2. The maximum absolute atomic E-state index is 10.1. The minimum Gasteiger partial charge on any atom is -0.393 e. The number of unbranched alkanes of at least 4 members (excludes halogenated alkanes) is 4. The van der Waals surface area contributed by atoms with E-state index in [1.807, 2.05) is 0 Å². The van der Waals surface area contributed by atoms with E-state index >= 15 is 0 Å².